The van der Waals surface area contributed by atoms with Gasteiger partial charge in [0.25, 0.3) is 0 Å². The lowest BCUT2D eigenvalue weighted by Crippen LogP contribution is -2.41. The van der Waals surface area contributed by atoms with Gasteiger partial charge in [-0.25, -0.2) is 0 Å². The fraction of sp³-hybridized carbons (Fsp3) is 0.500. The van der Waals surface area contributed by atoms with Crippen LogP contribution in [0, 0.1) is 6.92 Å². The molecule has 1 aliphatic rings. The Hall–Kier alpha value is -1.26. The van der Waals surface area contributed by atoms with Gasteiger partial charge in [0.2, 0.25) is 5.91 Å². The Balaban J connectivity index is 1.79. The van der Waals surface area contributed by atoms with E-state index in [0.717, 1.165) is 11.3 Å². The first-order valence-electron chi connectivity index (χ1n) is 6.52. The van der Waals surface area contributed by atoms with Gasteiger partial charge in [-0.05, 0) is 24.6 Å². The van der Waals surface area contributed by atoms with Crippen LogP contribution in [-0.4, -0.2) is 43.7 Å². The highest BCUT2D eigenvalue weighted by atomic mass is 35.5. The van der Waals surface area contributed by atoms with Crippen molar-refractivity contribution in [1.29, 1.82) is 0 Å². The number of morpholine rings is 1. The maximum absolute atomic E-state index is 11.9. The van der Waals surface area contributed by atoms with Gasteiger partial charge < -0.3 is 15.0 Å². The number of aryl methyl sites for hydroxylation is 1. The summed E-state index contributed by atoms with van der Waals surface area (Å²) in [5, 5.41) is 3.96. The lowest BCUT2D eigenvalue weighted by molar-refractivity contribution is -0.134. The summed E-state index contributed by atoms with van der Waals surface area (Å²) in [6.45, 7) is 5.34. The number of carbonyl (C=O) groups excluding carboxylic acids is 1. The molecule has 2 rings (SSSR count). The normalized spacial score (nSPS) is 15.4. The Kier molecular flexibility index (Phi) is 5.05. The smallest absolute Gasteiger partial charge is 0.224 e. The maximum atomic E-state index is 11.9. The molecule has 0 spiro atoms. The zero-order valence-electron chi connectivity index (χ0n) is 11.1. The van der Waals surface area contributed by atoms with Crippen LogP contribution in [0.25, 0.3) is 0 Å². The first-order valence-corrected chi connectivity index (χ1v) is 6.90. The van der Waals surface area contributed by atoms with E-state index in [1.54, 1.807) is 0 Å². The minimum Gasteiger partial charge on any atom is -0.384 e. The zero-order valence-corrected chi connectivity index (χ0v) is 11.9. The molecule has 104 valence electrons. The van der Waals surface area contributed by atoms with Crippen molar-refractivity contribution < 1.29 is 9.53 Å². The monoisotopic (exact) mass is 282 g/mol. The molecule has 0 bridgehead atoms. The molecule has 1 aromatic rings. The van der Waals surface area contributed by atoms with Crippen molar-refractivity contribution in [3.05, 3.63) is 28.8 Å². The number of nitrogens with zero attached hydrogens (tertiary/aromatic N) is 1. The summed E-state index contributed by atoms with van der Waals surface area (Å²) in [5.41, 5.74) is 2.12. The van der Waals surface area contributed by atoms with E-state index < -0.39 is 0 Å². The van der Waals surface area contributed by atoms with Crippen molar-refractivity contribution in [2.24, 2.45) is 0 Å². The van der Waals surface area contributed by atoms with Gasteiger partial charge in [-0.2, -0.15) is 0 Å². The van der Waals surface area contributed by atoms with Crippen LogP contribution in [0.2, 0.25) is 5.02 Å². The molecule has 1 heterocycles. The van der Waals surface area contributed by atoms with Gasteiger partial charge >= 0.3 is 0 Å². The molecular formula is C14H19ClN2O2. The summed E-state index contributed by atoms with van der Waals surface area (Å²) in [7, 11) is 0. The number of hydrogen-bond acceptors (Lipinski definition) is 3. The molecule has 1 N–H and O–H groups in total. The highest BCUT2D eigenvalue weighted by Crippen LogP contribution is 2.20. The Morgan fingerprint density at radius 3 is 2.89 bits per heavy atom. The predicted octanol–water partition coefficient (Wildman–Crippen LogP) is 2.31. The molecule has 19 heavy (non-hydrogen) atoms. The summed E-state index contributed by atoms with van der Waals surface area (Å²) in [6, 6.07) is 5.71. The standard InChI is InChI=1S/C14H19ClN2O2/c1-11-2-3-12(15)10-13(11)16-5-4-14(18)17-6-8-19-9-7-17/h2-3,10,16H,4-9H2,1H3. The van der Waals surface area contributed by atoms with Gasteiger partial charge in [0.05, 0.1) is 13.2 Å². The molecule has 1 aliphatic heterocycles. The first kappa shape index (κ1) is 14.2. The van der Waals surface area contributed by atoms with Crippen LogP contribution >= 0.6 is 11.6 Å². The SMILES string of the molecule is Cc1ccc(Cl)cc1NCCC(=O)N1CCOCC1. The van der Waals surface area contributed by atoms with Crippen LogP contribution in [0.5, 0.6) is 0 Å². The van der Waals surface area contributed by atoms with E-state index >= 15 is 0 Å². The second kappa shape index (κ2) is 6.78. The lowest BCUT2D eigenvalue weighted by Gasteiger charge is -2.27. The van der Waals surface area contributed by atoms with Crippen molar-refractivity contribution in [2.45, 2.75) is 13.3 Å². The topological polar surface area (TPSA) is 41.6 Å². The molecule has 5 heteroatoms. The quantitative estimate of drug-likeness (QED) is 0.921. The minimum absolute atomic E-state index is 0.176. The number of hydrogen-bond donors (Lipinski definition) is 1. The van der Waals surface area contributed by atoms with Gasteiger partial charge in [-0.3, -0.25) is 4.79 Å². The number of anilines is 1. The second-order valence-electron chi connectivity index (χ2n) is 4.63. The first-order chi connectivity index (χ1) is 9.16. The maximum Gasteiger partial charge on any atom is 0.224 e. The minimum atomic E-state index is 0.176. The average Bonchev–Trinajstić information content (AvgIpc) is 2.43. The van der Waals surface area contributed by atoms with Crippen molar-refractivity contribution in [3.63, 3.8) is 0 Å². The summed E-state index contributed by atoms with van der Waals surface area (Å²) >= 11 is 5.95. The molecule has 0 aliphatic carbocycles. The van der Waals surface area contributed by atoms with Crippen LogP contribution in [0.15, 0.2) is 18.2 Å². The van der Waals surface area contributed by atoms with Gasteiger partial charge in [0.15, 0.2) is 0 Å². The Morgan fingerprint density at radius 1 is 1.42 bits per heavy atom. The third-order valence-corrected chi connectivity index (χ3v) is 3.45. The molecule has 1 fully saturated rings. The average molecular weight is 283 g/mol. The molecule has 0 atom stereocenters. The van der Waals surface area contributed by atoms with Crippen LogP contribution < -0.4 is 5.32 Å². The van der Waals surface area contributed by atoms with E-state index in [9.17, 15) is 4.79 Å². The fourth-order valence-corrected chi connectivity index (χ4v) is 2.23. The molecule has 1 amide bonds. The molecular weight excluding hydrogens is 264 g/mol. The number of rotatable bonds is 4. The van der Waals surface area contributed by atoms with E-state index in [4.69, 9.17) is 16.3 Å². The number of amides is 1. The zero-order chi connectivity index (χ0) is 13.7. The molecule has 0 saturated carbocycles. The highest BCUT2D eigenvalue weighted by Gasteiger charge is 2.16. The van der Waals surface area contributed by atoms with Gasteiger partial charge in [-0.15, -0.1) is 0 Å². The van der Waals surface area contributed by atoms with Crippen molar-refractivity contribution in [1.82, 2.24) is 4.90 Å². The molecule has 4 nitrogen and oxygen atoms in total. The third-order valence-electron chi connectivity index (χ3n) is 3.22. The Bertz CT molecular complexity index is 445. The predicted molar refractivity (Wildman–Crippen MR) is 76.7 cm³/mol. The van der Waals surface area contributed by atoms with E-state index in [0.29, 0.717) is 44.3 Å². The number of nitrogens with one attached hydrogen (secondary N) is 1. The highest BCUT2D eigenvalue weighted by molar-refractivity contribution is 6.30. The molecule has 0 unspecified atom stereocenters. The third kappa shape index (κ3) is 4.11. The molecule has 1 aromatic carbocycles. The van der Waals surface area contributed by atoms with Crippen LogP contribution in [0.1, 0.15) is 12.0 Å². The second-order valence-corrected chi connectivity index (χ2v) is 5.07. The Labute approximate surface area is 118 Å². The van der Waals surface area contributed by atoms with Crippen molar-refractivity contribution >= 4 is 23.2 Å². The summed E-state index contributed by atoms with van der Waals surface area (Å²) in [4.78, 5) is 13.8. The summed E-state index contributed by atoms with van der Waals surface area (Å²) in [6.07, 6.45) is 0.492. The molecule has 0 aromatic heterocycles. The van der Waals surface area contributed by atoms with Crippen LogP contribution in [0.3, 0.4) is 0 Å². The van der Waals surface area contributed by atoms with E-state index in [-0.39, 0.29) is 5.91 Å². The van der Waals surface area contributed by atoms with Crippen molar-refractivity contribution in [2.75, 3.05) is 38.2 Å². The summed E-state index contributed by atoms with van der Waals surface area (Å²) in [5.74, 6) is 0.176. The number of ether oxygens (including phenoxy) is 1. The number of halogens is 1. The van der Waals surface area contributed by atoms with Crippen LogP contribution in [-0.2, 0) is 9.53 Å². The Morgan fingerprint density at radius 2 is 2.16 bits per heavy atom. The van der Waals surface area contributed by atoms with E-state index in [1.165, 1.54) is 0 Å². The lowest BCUT2D eigenvalue weighted by atomic mass is 10.2. The molecule has 0 radical (unpaired) electrons. The van der Waals surface area contributed by atoms with Gasteiger partial charge in [0, 0.05) is 36.8 Å². The van der Waals surface area contributed by atoms with Gasteiger partial charge in [0.1, 0.15) is 0 Å². The number of benzene rings is 1. The molecule has 1 saturated heterocycles. The largest absolute Gasteiger partial charge is 0.384 e. The van der Waals surface area contributed by atoms with E-state index in [2.05, 4.69) is 5.32 Å². The fourth-order valence-electron chi connectivity index (χ4n) is 2.06. The van der Waals surface area contributed by atoms with Crippen molar-refractivity contribution in [3.8, 4) is 0 Å². The van der Waals surface area contributed by atoms with E-state index in [1.807, 2.05) is 30.0 Å². The summed E-state index contributed by atoms with van der Waals surface area (Å²) < 4.78 is 5.23. The van der Waals surface area contributed by atoms with Crippen LogP contribution in [0.4, 0.5) is 5.69 Å². The van der Waals surface area contributed by atoms with Gasteiger partial charge in [-0.1, -0.05) is 17.7 Å². The number of carbonyl (C=O) groups is 1.